The molecule has 0 unspecified atom stereocenters. The molecule has 0 aliphatic heterocycles. The molecule has 82 valence electrons. The third-order valence-electron chi connectivity index (χ3n) is 1.97. The summed E-state index contributed by atoms with van der Waals surface area (Å²) in [5, 5.41) is 2.55. The third kappa shape index (κ3) is 3.89. The molecule has 0 bridgehead atoms. The molecule has 0 heterocycles. The highest BCUT2D eigenvalue weighted by Gasteiger charge is 2.01. The van der Waals surface area contributed by atoms with E-state index in [0.717, 1.165) is 17.7 Å². The number of nitrogens with one attached hydrogen (secondary N) is 1. The summed E-state index contributed by atoms with van der Waals surface area (Å²) in [6.07, 6.45) is 0.721. The average Bonchev–Trinajstić information content (AvgIpc) is 2.20. The molecule has 1 aromatic carbocycles. The number of benzene rings is 1. The van der Waals surface area contributed by atoms with Gasteiger partial charge < -0.3 is 15.8 Å². The molecule has 0 aliphatic rings. The van der Waals surface area contributed by atoms with Crippen LogP contribution in [0.3, 0.4) is 0 Å². The van der Waals surface area contributed by atoms with Crippen molar-refractivity contribution in [3.8, 4) is 5.75 Å². The fraction of sp³-hybridized carbons (Fsp3) is 0.364. The van der Waals surface area contributed by atoms with Crippen LogP contribution in [0.15, 0.2) is 24.3 Å². The molecule has 1 aromatic rings. The first-order valence-electron chi connectivity index (χ1n) is 4.98. The quantitative estimate of drug-likeness (QED) is 0.766. The highest BCUT2D eigenvalue weighted by molar-refractivity contribution is 5.71. The summed E-state index contributed by atoms with van der Waals surface area (Å²) in [4.78, 5) is 10.5. The SMILES string of the molecule is CCOc1ccccc1CCNC(N)=O. The molecular formula is C11H16N2O2. The molecule has 0 aromatic heterocycles. The van der Waals surface area contributed by atoms with Gasteiger partial charge in [-0.3, -0.25) is 0 Å². The molecule has 0 atom stereocenters. The maximum Gasteiger partial charge on any atom is 0.312 e. The fourth-order valence-corrected chi connectivity index (χ4v) is 1.33. The summed E-state index contributed by atoms with van der Waals surface area (Å²) >= 11 is 0. The van der Waals surface area contributed by atoms with Crippen molar-refractivity contribution in [2.75, 3.05) is 13.2 Å². The molecule has 0 saturated heterocycles. The number of carbonyl (C=O) groups excluding carboxylic acids is 1. The largest absolute Gasteiger partial charge is 0.494 e. The van der Waals surface area contributed by atoms with Gasteiger partial charge in [-0.05, 0) is 25.0 Å². The third-order valence-corrected chi connectivity index (χ3v) is 1.97. The molecule has 0 radical (unpaired) electrons. The first-order valence-corrected chi connectivity index (χ1v) is 4.98. The topological polar surface area (TPSA) is 64.3 Å². The number of carbonyl (C=O) groups is 1. The molecule has 0 saturated carbocycles. The Morgan fingerprint density at radius 3 is 2.87 bits per heavy atom. The number of hydrogen-bond donors (Lipinski definition) is 2. The molecule has 2 amide bonds. The molecule has 0 fully saturated rings. The summed E-state index contributed by atoms with van der Waals surface area (Å²) in [5.74, 6) is 0.867. The standard InChI is InChI=1S/C11H16N2O2/c1-2-15-10-6-4-3-5-9(10)7-8-13-11(12)14/h3-6H,2,7-8H2,1H3,(H3,12,13,14). The Morgan fingerprint density at radius 1 is 1.47 bits per heavy atom. The Bertz CT molecular complexity index is 326. The van der Waals surface area contributed by atoms with Crippen LogP contribution in [0.2, 0.25) is 0 Å². The van der Waals surface area contributed by atoms with Gasteiger partial charge in [-0.15, -0.1) is 0 Å². The summed E-state index contributed by atoms with van der Waals surface area (Å²) in [7, 11) is 0. The highest BCUT2D eigenvalue weighted by atomic mass is 16.5. The molecule has 1 rings (SSSR count). The van der Waals surface area contributed by atoms with Gasteiger partial charge in [0.15, 0.2) is 0 Å². The second kappa shape index (κ2) is 5.90. The van der Waals surface area contributed by atoms with E-state index in [9.17, 15) is 4.79 Å². The lowest BCUT2D eigenvalue weighted by molar-refractivity contribution is 0.249. The van der Waals surface area contributed by atoms with E-state index in [1.165, 1.54) is 0 Å². The van der Waals surface area contributed by atoms with Gasteiger partial charge in [0.05, 0.1) is 6.61 Å². The smallest absolute Gasteiger partial charge is 0.312 e. The van der Waals surface area contributed by atoms with E-state index in [-0.39, 0.29) is 0 Å². The molecule has 15 heavy (non-hydrogen) atoms. The van der Waals surface area contributed by atoms with Crippen molar-refractivity contribution in [1.29, 1.82) is 0 Å². The van der Waals surface area contributed by atoms with Gasteiger partial charge in [0, 0.05) is 6.54 Å². The number of hydrogen-bond acceptors (Lipinski definition) is 2. The lowest BCUT2D eigenvalue weighted by atomic mass is 10.1. The fourth-order valence-electron chi connectivity index (χ4n) is 1.33. The number of nitrogens with two attached hydrogens (primary N) is 1. The zero-order valence-electron chi connectivity index (χ0n) is 8.82. The molecular weight excluding hydrogens is 192 g/mol. The van der Waals surface area contributed by atoms with Crippen molar-refractivity contribution in [1.82, 2.24) is 5.32 Å². The lowest BCUT2D eigenvalue weighted by Gasteiger charge is -2.09. The van der Waals surface area contributed by atoms with E-state index >= 15 is 0 Å². The first-order chi connectivity index (χ1) is 7.24. The van der Waals surface area contributed by atoms with Gasteiger partial charge in [0.1, 0.15) is 5.75 Å². The van der Waals surface area contributed by atoms with E-state index in [1.54, 1.807) is 0 Å². The maximum atomic E-state index is 10.5. The van der Waals surface area contributed by atoms with Crippen LogP contribution in [0.5, 0.6) is 5.75 Å². The van der Waals surface area contributed by atoms with Crippen LogP contribution < -0.4 is 15.8 Å². The summed E-state index contributed by atoms with van der Waals surface area (Å²) in [6, 6.07) is 7.28. The van der Waals surface area contributed by atoms with Gasteiger partial charge in [-0.2, -0.15) is 0 Å². The van der Waals surface area contributed by atoms with Crippen LogP contribution in [0.4, 0.5) is 4.79 Å². The molecule has 3 N–H and O–H groups in total. The van der Waals surface area contributed by atoms with Crippen molar-refractivity contribution in [3.05, 3.63) is 29.8 Å². The Hall–Kier alpha value is -1.71. The van der Waals surface area contributed by atoms with Crippen LogP contribution in [0.25, 0.3) is 0 Å². The summed E-state index contributed by atoms with van der Waals surface area (Å²) in [6.45, 7) is 3.11. The molecule has 0 spiro atoms. The Labute approximate surface area is 89.4 Å². The average molecular weight is 208 g/mol. The van der Waals surface area contributed by atoms with Gasteiger partial charge in [0.2, 0.25) is 0 Å². The van der Waals surface area contributed by atoms with Crippen molar-refractivity contribution >= 4 is 6.03 Å². The van der Waals surface area contributed by atoms with Gasteiger partial charge in [0.25, 0.3) is 0 Å². The number of urea groups is 1. The van der Waals surface area contributed by atoms with E-state index in [2.05, 4.69) is 5.32 Å². The van der Waals surface area contributed by atoms with E-state index in [1.807, 2.05) is 31.2 Å². The van der Waals surface area contributed by atoms with Crippen LogP contribution in [-0.2, 0) is 6.42 Å². The number of amides is 2. The predicted molar refractivity (Wildman–Crippen MR) is 58.9 cm³/mol. The molecule has 4 nitrogen and oxygen atoms in total. The van der Waals surface area contributed by atoms with Crippen molar-refractivity contribution in [3.63, 3.8) is 0 Å². The van der Waals surface area contributed by atoms with Crippen molar-refractivity contribution in [2.24, 2.45) is 5.73 Å². The van der Waals surface area contributed by atoms with Gasteiger partial charge >= 0.3 is 6.03 Å². The number of ether oxygens (including phenoxy) is 1. The van der Waals surface area contributed by atoms with Crippen molar-refractivity contribution < 1.29 is 9.53 Å². The first kappa shape index (κ1) is 11.4. The zero-order valence-corrected chi connectivity index (χ0v) is 8.82. The van der Waals surface area contributed by atoms with Gasteiger partial charge in [-0.1, -0.05) is 18.2 Å². The summed E-state index contributed by atoms with van der Waals surface area (Å²) < 4.78 is 5.45. The van der Waals surface area contributed by atoms with Gasteiger partial charge in [-0.25, -0.2) is 4.79 Å². The minimum absolute atomic E-state index is 0.496. The van der Waals surface area contributed by atoms with Crippen LogP contribution in [0, 0.1) is 0 Å². The predicted octanol–water partition coefficient (Wildman–Crippen LogP) is 1.30. The minimum Gasteiger partial charge on any atom is -0.494 e. The normalized spacial score (nSPS) is 9.67. The Morgan fingerprint density at radius 2 is 2.20 bits per heavy atom. The second-order valence-corrected chi connectivity index (χ2v) is 3.08. The second-order valence-electron chi connectivity index (χ2n) is 3.08. The van der Waals surface area contributed by atoms with Crippen molar-refractivity contribution in [2.45, 2.75) is 13.3 Å². The maximum absolute atomic E-state index is 10.5. The van der Waals surface area contributed by atoms with E-state index < -0.39 is 6.03 Å². The van der Waals surface area contributed by atoms with Crippen LogP contribution in [-0.4, -0.2) is 19.2 Å². The Balaban J connectivity index is 2.55. The Kier molecular flexibility index (Phi) is 4.47. The zero-order chi connectivity index (χ0) is 11.1. The molecule has 0 aliphatic carbocycles. The number of para-hydroxylation sites is 1. The minimum atomic E-state index is -0.496. The number of rotatable bonds is 5. The lowest BCUT2D eigenvalue weighted by Crippen LogP contribution is -2.31. The van der Waals surface area contributed by atoms with Crippen LogP contribution in [0.1, 0.15) is 12.5 Å². The summed E-state index contributed by atoms with van der Waals surface area (Å²) in [5.41, 5.74) is 6.05. The monoisotopic (exact) mass is 208 g/mol. The van der Waals surface area contributed by atoms with E-state index in [4.69, 9.17) is 10.5 Å². The van der Waals surface area contributed by atoms with E-state index in [0.29, 0.717) is 13.2 Å². The van der Waals surface area contributed by atoms with Crippen LogP contribution >= 0.6 is 0 Å². The highest BCUT2D eigenvalue weighted by Crippen LogP contribution is 2.17. The number of primary amides is 1. The molecule has 4 heteroatoms.